The van der Waals surface area contributed by atoms with Crippen LogP contribution in [0.2, 0.25) is 0 Å². The zero-order valence-corrected chi connectivity index (χ0v) is 20.3. The molecular formula is C26H30F2N6O3. The molecule has 4 N–H and O–H groups in total. The number of carbonyl (C=O) groups is 2. The monoisotopic (exact) mass is 512 g/mol. The maximum Gasteiger partial charge on any atom is 0.314 e. The van der Waals surface area contributed by atoms with Crippen LogP contribution >= 0.6 is 0 Å². The fourth-order valence-electron chi connectivity index (χ4n) is 7.93. The maximum atomic E-state index is 13.5. The van der Waals surface area contributed by atoms with Crippen LogP contribution in [-0.4, -0.2) is 54.2 Å². The number of amides is 2. The highest BCUT2D eigenvalue weighted by Crippen LogP contribution is 2.60. The topological polar surface area (TPSA) is 125 Å². The highest BCUT2D eigenvalue weighted by molar-refractivity contribution is 6.40. The van der Waals surface area contributed by atoms with Crippen LogP contribution in [0, 0.1) is 17.8 Å². The van der Waals surface area contributed by atoms with Crippen molar-refractivity contribution in [1.29, 1.82) is 0 Å². The molecule has 5 aliphatic rings. The molecule has 9 nitrogen and oxygen atoms in total. The van der Waals surface area contributed by atoms with Gasteiger partial charge in [-0.2, -0.15) is 0 Å². The smallest absolute Gasteiger partial charge is 0.314 e. The first-order chi connectivity index (χ1) is 17.7. The molecule has 11 heteroatoms. The number of halogens is 2. The van der Waals surface area contributed by atoms with E-state index in [9.17, 15) is 23.5 Å². The summed E-state index contributed by atoms with van der Waals surface area (Å²) in [4.78, 5) is 34.3. The molecule has 5 atom stereocenters. The summed E-state index contributed by atoms with van der Waals surface area (Å²) >= 11 is 0. The van der Waals surface area contributed by atoms with Crippen molar-refractivity contribution < 1.29 is 23.5 Å². The molecule has 3 heterocycles. The molecule has 3 unspecified atom stereocenters. The first-order valence-corrected chi connectivity index (χ1v) is 13.2. The van der Waals surface area contributed by atoms with Gasteiger partial charge in [-0.15, -0.1) is 0 Å². The molecule has 0 saturated heterocycles. The number of fused-ring (bicyclic) bond motifs is 3. The molecule has 5 fully saturated rings. The standard InChI is InChI=1S/C26H30F2N6O3/c27-26(28)4-1-16(2-5-26)31-23(35)24(36)32-22-18-12-30-21-17(3-6-29-21)20(18)34(33-22)19-14-7-13-8-15(19)11-25(37,9-13)10-14/h3,6,12-16,19,33,37H,1-2,4-5,7-11H2,(H,31,35)(H,32,36)/t13?,14-,15+,19?,25?. The van der Waals surface area contributed by atoms with Crippen LogP contribution in [0.15, 0.2) is 18.5 Å². The van der Waals surface area contributed by atoms with Gasteiger partial charge in [-0.25, -0.2) is 18.7 Å². The molecule has 3 aromatic heterocycles. The predicted molar refractivity (Wildman–Crippen MR) is 131 cm³/mol. The largest absolute Gasteiger partial charge is 0.390 e. The summed E-state index contributed by atoms with van der Waals surface area (Å²) in [6, 6.07) is 1.58. The van der Waals surface area contributed by atoms with Crippen molar-refractivity contribution in [3.8, 4) is 0 Å². The minimum atomic E-state index is -2.71. The van der Waals surface area contributed by atoms with Gasteiger partial charge in [0.05, 0.1) is 22.5 Å². The van der Waals surface area contributed by atoms with Crippen molar-refractivity contribution in [2.45, 2.75) is 81.4 Å². The van der Waals surface area contributed by atoms with Crippen molar-refractivity contribution >= 4 is 39.6 Å². The fourth-order valence-corrected chi connectivity index (χ4v) is 7.93. The van der Waals surface area contributed by atoms with Gasteiger partial charge in [0.15, 0.2) is 5.65 Å². The number of anilines is 1. The first-order valence-electron chi connectivity index (χ1n) is 13.2. The molecule has 196 valence electrons. The van der Waals surface area contributed by atoms with Crippen molar-refractivity contribution in [1.82, 2.24) is 25.1 Å². The van der Waals surface area contributed by atoms with E-state index < -0.39 is 29.4 Å². The van der Waals surface area contributed by atoms with Crippen LogP contribution in [0.3, 0.4) is 0 Å². The second-order valence-electron chi connectivity index (χ2n) is 11.8. The second-order valence-corrected chi connectivity index (χ2v) is 11.8. The van der Waals surface area contributed by atoms with E-state index in [1.54, 1.807) is 12.4 Å². The Kier molecular flexibility index (Phi) is 4.96. The molecule has 0 radical (unpaired) electrons. The lowest BCUT2D eigenvalue weighted by molar-refractivity contribution is -0.148. The lowest BCUT2D eigenvalue weighted by Crippen LogP contribution is -2.55. The molecule has 0 spiro atoms. The SMILES string of the molecule is O=C(Nc1[nH]n(C2[C@@H]3CC4C[C@H]2CC(O)(C4)C3)c2c1cnc1nccc12)C(=O)NC1CCC(F)(F)CC1. The van der Waals surface area contributed by atoms with Crippen LogP contribution in [0.1, 0.15) is 63.8 Å². The van der Waals surface area contributed by atoms with E-state index >= 15 is 0 Å². The number of carbonyl (C=O) groups excluding carboxylic acids is 2. The van der Waals surface area contributed by atoms with Gasteiger partial charge in [0.1, 0.15) is 5.82 Å². The maximum absolute atomic E-state index is 13.5. The summed E-state index contributed by atoms with van der Waals surface area (Å²) in [5.41, 5.74) is 0.900. The van der Waals surface area contributed by atoms with Crippen LogP contribution in [0.4, 0.5) is 14.6 Å². The van der Waals surface area contributed by atoms with E-state index in [0.29, 0.717) is 34.6 Å². The van der Waals surface area contributed by atoms with E-state index in [4.69, 9.17) is 0 Å². The summed E-state index contributed by atoms with van der Waals surface area (Å²) in [7, 11) is 0. The number of aliphatic hydroxyl groups is 1. The number of aromatic nitrogens is 4. The highest BCUT2D eigenvalue weighted by atomic mass is 19.3. The molecule has 5 aliphatic carbocycles. The Morgan fingerprint density at radius 1 is 1.05 bits per heavy atom. The number of H-pyrrole nitrogens is 1. The molecule has 0 aromatic carbocycles. The Morgan fingerprint density at radius 2 is 1.78 bits per heavy atom. The number of nitrogens with one attached hydrogen (secondary N) is 3. The van der Waals surface area contributed by atoms with Crippen molar-refractivity contribution in [2.24, 2.45) is 17.8 Å². The number of aromatic amines is 1. The van der Waals surface area contributed by atoms with Crippen LogP contribution in [-0.2, 0) is 9.59 Å². The number of hydrogen-bond acceptors (Lipinski definition) is 5. The van der Waals surface area contributed by atoms with E-state index in [-0.39, 0.29) is 31.7 Å². The van der Waals surface area contributed by atoms with Gasteiger partial charge in [-0.3, -0.25) is 19.4 Å². The fraction of sp³-hybridized carbons (Fsp3) is 0.615. The highest BCUT2D eigenvalue weighted by Gasteiger charge is 2.55. The summed E-state index contributed by atoms with van der Waals surface area (Å²) < 4.78 is 29.0. The van der Waals surface area contributed by atoms with Gasteiger partial charge >= 0.3 is 11.8 Å². The molecule has 0 aliphatic heterocycles. The third-order valence-corrected chi connectivity index (χ3v) is 9.23. The third-order valence-electron chi connectivity index (χ3n) is 9.23. The molecule has 37 heavy (non-hydrogen) atoms. The lowest BCUT2D eigenvalue weighted by atomic mass is 9.52. The molecule has 8 rings (SSSR count). The Hall–Kier alpha value is -3.08. The minimum absolute atomic E-state index is 0.128. The van der Waals surface area contributed by atoms with Crippen LogP contribution in [0.5, 0.6) is 0 Å². The Labute approximate surface area is 211 Å². The van der Waals surface area contributed by atoms with Crippen LogP contribution < -0.4 is 10.6 Å². The summed E-state index contributed by atoms with van der Waals surface area (Å²) in [6.45, 7) is 0. The van der Waals surface area contributed by atoms with Gasteiger partial charge in [0.2, 0.25) is 5.92 Å². The predicted octanol–water partition coefficient (Wildman–Crippen LogP) is 3.66. The number of alkyl halides is 2. The van der Waals surface area contributed by atoms with Gasteiger partial charge in [-0.05, 0) is 68.8 Å². The van der Waals surface area contributed by atoms with Gasteiger partial charge in [-0.1, -0.05) is 0 Å². The van der Waals surface area contributed by atoms with E-state index in [1.807, 2.05) is 6.07 Å². The molecule has 2 amide bonds. The summed E-state index contributed by atoms with van der Waals surface area (Å²) in [5.74, 6) is -2.87. The number of nitrogens with zero attached hydrogens (tertiary/aromatic N) is 3. The van der Waals surface area contributed by atoms with Gasteiger partial charge < -0.3 is 15.7 Å². The zero-order valence-electron chi connectivity index (χ0n) is 20.3. The summed E-state index contributed by atoms with van der Waals surface area (Å²) in [6.07, 6.45) is 7.58. The summed E-state index contributed by atoms with van der Waals surface area (Å²) in [5, 5.41) is 21.3. The van der Waals surface area contributed by atoms with Crippen molar-refractivity contribution in [2.75, 3.05) is 5.32 Å². The van der Waals surface area contributed by atoms with Crippen molar-refractivity contribution in [3.05, 3.63) is 18.5 Å². The lowest BCUT2D eigenvalue weighted by Gasteiger charge is -2.58. The Bertz CT molecular complexity index is 1390. The molecule has 3 aromatic rings. The Morgan fingerprint density at radius 3 is 2.49 bits per heavy atom. The second kappa shape index (κ2) is 7.96. The van der Waals surface area contributed by atoms with Crippen LogP contribution in [0.25, 0.3) is 21.9 Å². The normalized spacial score (nSPS) is 32.7. The van der Waals surface area contributed by atoms with Gasteiger partial charge in [0, 0.05) is 36.7 Å². The van der Waals surface area contributed by atoms with E-state index in [0.717, 1.165) is 43.0 Å². The molecule has 5 saturated carbocycles. The van der Waals surface area contributed by atoms with Gasteiger partial charge in [0.25, 0.3) is 0 Å². The average Bonchev–Trinajstić information content (AvgIpc) is 3.44. The quantitative estimate of drug-likeness (QED) is 0.399. The zero-order chi connectivity index (χ0) is 25.5. The molecule has 4 bridgehead atoms. The first kappa shape index (κ1) is 23.1. The third kappa shape index (κ3) is 3.81. The molecular weight excluding hydrogens is 482 g/mol. The minimum Gasteiger partial charge on any atom is -0.390 e. The number of hydrogen-bond donors (Lipinski definition) is 4. The number of pyridine rings is 1. The van der Waals surface area contributed by atoms with E-state index in [1.165, 1.54) is 0 Å². The van der Waals surface area contributed by atoms with E-state index in [2.05, 4.69) is 30.4 Å². The Balaban J connectivity index is 1.20. The average molecular weight is 513 g/mol. The van der Waals surface area contributed by atoms with Crippen molar-refractivity contribution in [3.63, 3.8) is 0 Å². The number of rotatable bonds is 3.